The molecule has 0 saturated heterocycles. The summed E-state index contributed by atoms with van der Waals surface area (Å²) in [6.45, 7) is 5.93. The van der Waals surface area contributed by atoms with Crippen LogP contribution < -0.4 is 5.32 Å². The minimum Gasteiger partial charge on any atom is -0.480 e. The minimum absolute atomic E-state index is 0.239. The van der Waals surface area contributed by atoms with Crippen molar-refractivity contribution < 1.29 is 19.4 Å². The number of carboxylic acid groups (broad SMARTS) is 1. The number of hydrogen-bond acceptors (Lipinski definition) is 3. The molecule has 1 aromatic carbocycles. The van der Waals surface area contributed by atoms with E-state index in [0.717, 1.165) is 12.0 Å². The van der Waals surface area contributed by atoms with Gasteiger partial charge in [0, 0.05) is 20.1 Å². The predicted molar refractivity (Wildman–Crippen MR) is 84.9 cm³/mol. The lowest BCUT2D eigenvalue weighted by Crippen LogP contribution is -2.48. The predicted octanol–water partition coefficient (Wildman–Crippen LogP) is 2.13. The number of carboxylic acids is 1. The largest absolute Gasteiger partial charge is 0.480 e. The van der Waals surface area contributed by atoms with Gasteiger partial charge in [-0.15, -0.1) is 0 Å². The fourth-order valence-corrected chi connectivity index (χ4v) is 2.12. The van der Waals surface area contributed by atoms with Gasteiger partial charge in [0.05, 0.1) is 5.41 Å². The number of hydrogen-bond donors (Lipinski definition) is 2. The Labute approximate surface area is 131 Å². The maximum atomic E-state index is 12.5. The van der Waals surface area contributed by atoms with E-state index in [2.05, 4.69) is 12.2 Å². The number of carbonyl (C=O) groups is 2. The van der Waals surface area contributed by atoms with Crippen LogP contribution >= 0.6 is 0 Å². The fourth-order valence-electron chi connectivity index (χ4n) is 2.12. The number of nitrogens with one attached hydrogen (secondary N) is 1. The fraction of sp³-hybridized carbons (Fsp3) is 0.529. The molecule has 0 aliphatic rings. The van der Waals surface area contributed by atoms with Crippen molar-refractivity contribution in [1.29, 1.82) is 0 Å². The average Bonchev–Trinajstić information content (AvgIpc) is 2.50. The lowest BCUT2D eigenvalue weighted by Gasteiger charge is -2.26. The summed E-state index contributed by atoms with van der Waals surface area (Å²) in [5.41, 5.74) is 1.26. The first kappa shape index (κ1) is 18.2. The van der Waals surface area contributed by atoms with Crippen molar-refractivity contribution in [3.63, 3.8) is 0 Å². The highest BCUT2D eigenvalue weighted by molar-refractivity contribution is 5.90. The van der Waals surface area contributed by atoms with Crippen molar-refractivity contribution in [1.82, 2.24) is 5.32 Å². The minimum atomic E-state index is -1.05. The Balaban J connectivity index is 2.85. The van der Waals surface area contributed by atoms with Gasteiger partial charge in [0.1, 0.15) is 6.04 Å². The molecule has 0 aromatic heterocycles. The third-order valence-corrected chi connectivity index (χ3v) is 3.87. The van der Waals surface area contributed by atoms with E-state index in [4.69, 9.17) is 4.74 Å². The third-order valence-electron chi connectivity index (χ3n) is 3.87. The first-order valence-corrected chi connectivity index (χ1v) is 7.45. The number of rotatable bonds is 8. The van der Waals surface area contributed by atoms with Gasteiger partial charge in [-0.2, -0.15) is 0 Å². The third kappa shape index (κ3) is 4.56. The Kier molecular flexibility index (Phi) is 6.56. The standard InChI is InChI=1S/C17H25NO4/c1-5-12-6-8-13(9-7-12)17(2,3)16(21)18-14(15(19)20)10-11-22-4/h6-9,14H,5,10-11H2,1-4H3,(H,18,21)(H,19,20). The van der Waals surface area contributed by atoms with Crippen LogP contribution in [0.4, 0.5) is 0 Å². The molecule has 1 atom stereocenters. The molecule has 122 valence electrons. The monoisotopic (exact) mass is 307 g/mol. The quantitative estimate of drug-likeness (QED) is 0.771. The lowest BCUT2D eigenvalue weighted by atomic mass is 9.83. The molecule has 0 radical (unpaired) electrons. The van der Waals surface area contributed by atoms with Crippen LogP contribution in [0.15, 0.2) is 24.3 Å². The Morgan fingerprint density at radius 3 is 2.32 bits per heavy atom. The van der Waals surface area contributed by atoms with Crippen molar-refractivity contribution in [2.75, 3.05) is 13.7 Å². The summed E-state index contributed by atoms with van der Waals surface area (Å²) in [6.07, 6.45) is 1.17. The van der Waals surface area contributed by atoms with E-state index in [9.17, 15) is 14.7 Å². The summed E-state index contributed by atoms with van der Waals surface area (Å²) in [4.78, 5) is 23.7. The molecule has 0 bridgehead atoms. The van der Waals surface area contributed by atoms with E-state index in [0.29, 0.717) is 0 Å². The van der Waals surface area contributed by atoms with Gasteiger partial charge in [-0.1, -0.05) is 31.2 Å². The second-order valence-electron chi connectivity index (χ2n) is 5.82. The Morgan fingerprint density at radius 2 is 1.86 bits per heavy atom. The first-order valence-electron chi connectivity index (χ1n) is 7.45. The van der Waals surface area contributed by atoms with Gasteiger partial charge in [0.15, 0.2) is 0 Å². The smallest absolute Gasteiger partial charge is 0.326 e. The van der Waals surface area contributed by atoms with Gasteiger partial charge >= 0.3 is 5.97 Å². The maximum absolute atomic E-state index is 12.5. The van der Waals surface area contributed by atoms with Gasteiger partial charge in [-0.3, -0.25) is 4.79 Å². The molecule has 5 heteroatoms. The van der Waals surface area contributed by atoms with E-state index in [1.54, 1.807) is 13.8 Å². The van der Waals surface area contributed by atoms with Gasteiger partial charge in [0.2, 0.25) is 5.91 Å². The number of amides is 1. The van der Waals surface area contributed by atoms with Crippen LogP contribution in [-0.2, 0) is 26.2 Å². The van der Waals surface area contributed by atoms with Gasteiger partial charge in [0.25, 0.3) is 0 Å². The maximum Gasteiger partial charge on any atom is 0.326 e. The average molecular weight is 307 g/mol. The van der Waals surface area contributed by atoms with Gasteiger partial charge in [-0.25, -0.2) is 4.79 Å². The molecular formula is C17H25NO4. The molecule has 1 unspecified atom stereocenters. The number of carbonyl (C=O) groups excluding carboxylic acids is 1. The number of methoxy groups -OCH3 is 1. The molecule has 22 heavy (non-hydrogen) atoms. The van der Waals surface area contributed by atoms with Crippen LogP contribution in [0.2, 0.25) is 0 Å². The highest BCUT2D eigenvalue weighted by atomic mass is 16.5. The molecule has 5 nitrogen and oxygen atoms in total. The first-order chi connectivity index (χ1) is 10.3. The van der Waals surface area contributed by atoms with Crippen molar-refractivity contribution >= 4 is 11.9 Å². The summed E-state index contributed by atoms with van der Waals surface area (Å²) in [5.74, 6) is -1.36. The molecule has 1 amide bonds. The van der Waals surface area contributed by atoms with Crippen LogP contribution in [0.25, 0.3) is 0 Å². The molecule has 0 aliphatic carbocycles. The van der Waals surface area contributed by atoms with E-state index < -0.39 is 17.4 Å². The molecule has 0 aliphatic heterocycles. The Morgan fingerprint density at radius 1 is 1.27 bits per heavy atom. The van der Waals surface area contributed by atoms with Crippen molar-refractivity contribution in [3.8, 4) is 0 Å². The summed E-state index contributed by atoms with van der Waals surface area (Å²) in [6, 6.07) is 6.88. The summed E-state index contributed by atoms with van der Waals surface area (Å²) in [5, 5.41) is 11.8. The topological polar surface area (TPSA) is 75.6 Å². The molecule has 0 spiro atoms. The van der Waals surface area contributed by atoms with Crippen LogP contribution in [0, 0.1) is 0 Å². The van der Waals surface area contributed by atoms with Crippen molar-refractivity contribution in [2.24, 2.45) is 0 Å². The number of aryl methyl sites for hydroxylation is 1. The summed E-state index contributed by atoms with van der Waals surface area (Å²) < 4.78 is 4.89. The molecule has 0 saturated carbocycles. The van der Waals surface area contributed by atoms with E-state index in [-0.39, 0.29) is 18.9 Å². The number of ether oxygens (including phenoxy) is 1. The van der Waals surface area contributed by atoms with E-state index in [1.807, 2.05) is 24.3 Å². The van der Waals surface area contributed by atoms with Gasteiger partial charge < -0.3 is 15.2 Å². The molecule has 0 fully saturated rings. The van der Waals surface area contributed by atoms with Crippen LogP contribution in [-0.4, -0.2) is 36.7 Å². The highest BCUT2D eigenvalue weighted by Gasteiger charge is 2.32. The molecule has 2 N–H and O–H groups in total. The van der Waals surface area contributed by atoms with E-state index >= 15 is 0 Å². The van der Waals surface area contributed by atoms with Crippen molar-refractivity contribution in [3.05, 3.63) is 35.4 Å². The molecule has 1 aromatic rings. The zero-order valence-corrected chi connectivity index (χ0v) is 13.7. The molecule has 1 rings (SSSR count). The van der Waals surface area contributed by atoms with E-state index in [1.165, 1.54) is 12.7 Å². The second kappa shape index (κ2) is 7.94. The highest BCUT2D eigenvalue weighted by Crippen LogP contribution is 2.24. The summed E-state index contributed by atoms with van der Waals surface area (Å²) >= 11 is 0. The van der Waals surface area contributed by atoms with Gasteiger partial charge in [-0.05, 0) is 31.4 Å². The normalized spacial score (nSPS) is 12.7. The Bertz CT molecular complexity index is 508. The van der Waals surface area contributed by atoms with Crippen LogP contribution in [0.3, 0.4) is 0 Å². The number of aliphatic carboxylic acids is 1. The van der Waals surface area contributed by atoms with Crippen LogP contribution in [0.1, 0.15) is 38.3 Å². The SMILES string of the molecule is CCc1ccc(C(C)(C)C(=O)NC(CCOC)C(=O)O)cc1. The second-order valence-corrected chi connectivity index (χ2v) is 5.82. The molecule has 0 heterocycles. The number of benzene rings is 1. The lowest BCUT2D eigenvalue weighted by molar-refractivity contribution is -0.143. The Hall–Kier alpha value is -1.88. The van der Waals surface area contributed by atoms with Crippen molar-refractivity contribution in [2.45, 2.75) is 45.1 Å². The zero-order valence-electron chi connectivity index (χ0n) is 13.7. The molecular weight excluding hydrogens is 282 g/mol. The van der Waals surface area contributed by atoms with Crippen LogP contribution in [0.5, 0.6) is 0 Å². The zero-order chi connectivity index (χ0) is 16.8. The summed E-state index contributed by atoms with van der Waals surface area (Å²) in [7, 11) is 1.50.